The fourth-order valence-corrected chi connectivity index (χ4v) is 2.03. The molecule has 0 unspecified atom stereocenters. The summed E-state index contributed by atoms with van der Waals surface area (Å²) in [5.41, 5.74) is 10.1. The predicted molar refractivity (Wildman–Crippen MR) is 58.1 cm³/mol. The Bertz CT molecular complexity index is 520. The quantitative estimate of drug-likeness (QED) is 0.696. The minimum Gasteiger partial charge on any atom is -0.382 e. The molecule has 0 amide bonds. The van der Waals surface area contributed by atoms with Crippen LogP contribution in [0, 0.1) is 6.07 Å². The molecule has 1 aromatic carbocycles. The van der Waals surface area contributed by atoms with E-state index in [1.165, 1.54) is 11.1 Å². The first-order chi connectivity index (χ1) is 7.34. The lowest BCUT2D eigenvalue weighted by Crippen LogP contribution is -2.08. The number of hydrogen-bond acceptors (Lipinski definition) is 3. The Kier molecular flexibility index (Phi) is 1.71. The average Bonchev–Trinajstić information content (AvgIpc) is 2.28. The van der Waals surface area contributed by atoms with Crippen molar-refractivity contribution >= 4 is 5.82 Å². The molecule has 0 saturated heterocycles. The summed E-state index contributed by atoms with van der Waals surface area (Å²) in [5, 5.41) is 8.02. The highest BCUT2D eigenvalue weighted by Crippen LogP contribution is 2.31. The average molecular weight is 196 g/mol. The summed E-state index contributed by atoms with van der Waals surface area (Å²) in [7, 11) is 0. The smallest absolute Gasteiger partial charge is 0.154 e. The van der Waals surface area contributed by atoms with Crippen molar-refractivity contribution in [3.63, 3.8) is 0 Å². The Balaban J connectivity index is 2.26. The number of nitrogen functional groups attached to an aromatic ring is 1. The Labute approximate surface area is 88.0 Å². The van der Waals surface area contributed by atoms with Crippen LogP contribution in [0.25, 0.3) is 11.3 Å². The zero-order valence-electron chi connectivity index (χ0n) is 8.20. The summed E-state index contributed by atoms with van der Waals surface area (Å²) in [6.07, 6.45) is 1.98. The molecule has 0 aliphatic heterocycles. The van der Waals surface area contributed by atoms with Crippen LogP contribution in [0.5, 0.6) is 0 Å². The molecular weight excluding hydrogens is 186 g/mol. The highest BCUT2D eigenvalue weighted by Gasteiger charge is 2.17. The van der Waals surface area contributed by atoms with Gasteiger partial charge in [-0.1, -0.05) is 24.3 Å². The second-order valence-electron chi connectivity index (χ2n) is 3.69. The van der Waals surface area contributed by atoms with Gasteiger partial charge < -0.3 is 5.73 Å². The summed E-state index contributed by atoms with van der Waals surface area (Å²) < 4.78 is 0. The Hall–Kier alpha value is -1.90. The molecule has 2 N–H and O–H groups in total. The molecule has 1 radical (unpaired) electrons. The highest BCUT2D eigenvalue weighted by atomic mass is 15.1. The second-order valence-corrected chi connectivity index (χ2v) is 3.69. The van der Waals surface area contributed by atoms with Crippen LogP contribution in [0.15, 0.2) is 24.3 Å². The van der Waals surface area contributed by atoms with Gasteiger partial charge in [0.25, 0.3) is 0 Å². The second kappa shape index (κ2) is 3.05. The number of rotatable bonds is 0. The molecule has 1 aliphatic rings. The summed E-state index contributed by atoms with van der Waals surface area (Å²) in [6, 6.07) is 11.4. The van der Waals surface area contributed by atoms with Gasteiger partial charge in [0, 0.05) is 11.6 Å². The zero-order valence-corrected chi connectivity index (χ0v) is 8.20. The molecule has 1 heterocycles. The molecule has 3 rings (SSSR count). The lowest BCUT2D eigenvalue weighted by atomic mass is 9.89. The molecular formula is C12H10N3. The van der Waals surface area contributed by atoms with E-state index in [0.717, 1.165) is 24.1 Å². The van der Waals surface area contributed by atoms with Gasteiger partial charge in [-0.3, -0.25) is 0 Å². The van der Waals surface area contributed by atoms with Crippen LogP contribution < -0.4 is 5.73 Å². The number of nitrogens with zero attached hydrogens (tertiary/aromatic N) is 2. The molecule has 1 aliphatic carbocycles. The largest absolute Gasteiger partial charge is 0.382 e. The van der Waals surface area contributed by atoms with Crippen LogP contribution in [0.3, 0.4) is 0 Å². The van der Waals surface area contributed by atoms with Gasteiger partial charge in [-0.2, -0.15) is 0 Å². The molecule has 2 aromatic rings. The Morgan fingerprint density at radius 2 is 2.00 bits per heavy atom. The van der Waals surface area contributed by atoms with Crippen LogP contribution in [-0.4, -0.2) is 10.2 Å². The molecule has 1 aromatic heterocycles. The van der Waals surface area contributed by atoms with Crippen LogP contribution in [0.4, 0.5) is 5.82 Å². The maximum atomic E-state index is 5.57. The summed E-state index contributed by atoms with van der Waals surface area (Å²) in [5.74, 6) is 0.383. The van der Waals surface area contributed by atoms with Crippen LogP contribution >= 0.6 is 0 Å². The fourth-order valence-electron chi connectivity index (χ4n) is 2.03. The molecule has 0 atom stereocenters. The number of nitrogens with two attached hydrogens (primary N) is 1. The first-order valence-electron chi connectivity index (χ1n) is 4.97. The van der Waals surface area contributed by atoms with Gasteiger partial charge >= 0.3 is 0 Å². The minimum absolute atomic E-state index is 0.383. The number of anilines is 1. The van der Waals surface area contributed by atoms with Gasteiger partial charge in [0.05, 0.1) is 5.69 Å². The monoisotopic (exact) mass is 196 g/mol. The van der Waals surface area contributed by atoms with Crippen LogP contribution in [0.1, 0.15) is 11.1 Å². The molecule has 73 valence electrons. The van der Waals surface area contributed by atoms with Gasteiger partial charge in [0.2, 0.25) is 0 Å². The fraction of sp³-hybridized carbons (Fsp3) is 0.167. The lowest BCUT2D eigenvalue weighted by molar-refractivity contribution is 0.898. The highest BCUT2D eigenvalue weighted by molar-refractivity contribution is 5.69. The lowest BCUT2D eigenvalue weighted by Gasteiger charge is -2.17. The van der Waals surface area contributed by atoms with Crippen molar-refractivity contribution in [2.24, 2.45) is 0 Å². The first kappa shape index (κ1) is 8.41. The van der Waals surface area contributed by atoms with E-state index in [9.17, 15) is 0 Å². The van der Waals surface area contributed by atoms with Crippen molar-refractivity contribution in [3.05, 3.63) is 41.5 Å². The van der Waals surface area contributed by atoms with Crippen molar-refractivity contribution in [2.75, 3.05) is 5.73 Å². The molecule has 3 nitrogen and oxygen atoms in total. The molecule has 0 spiro atoms. The minimum atomic E-state index is 0.383. The molecule has 0 fully saturated rings. The van der Waals surface area contributed by atoms with E-state index in [1.54, 1.807) is 0 Å². The zero-order chi connectivity index (χ0) is 10.3. The van der Waals surface area contributed by atoms with Gasteiger partial charge in [0.1, 0.15) is 0 Å². The molecule has 0 saturated carbocycles. The van der Waals surface area contributed by atoms with Gasteiger partial charge in [-0.05, 0) is 24.0 Å². The standard InChI is InChI=1S/C12H10N3/c13-11-7-9-6-5-8-3-1-2-4-10(8)12(9)15-14-11/h1-4H,5-6H2,(H2,13,14). The van der Waals surface area contributed by atoms with Gasteiger partial charge in [0.15, 0.2) is 5.82 Å². The number of aromatic nitrogens is 2. The maximum Gasteiger partial charge on any atom is 0.154 e. The van der Waals surface area contributed by atoms with Crippen molar-refractivity contribution in [1.82, 2.24) is 10.2 Å². The third-order valence-corrected chi connectivity index (χ3v) is 2.74. The van der Waals surface area contributed by atoms with E-state index in [1.807, 2.05) is 6.07 Å². The first-order valence-corrected chi connectivity index (χ1v) is 4.97. The number of benzene rings is 1. The van der Waals surface area contributed by atoms with E-state index < -0.39 is 0 Å². The maximum absolute atomic E-state index is 5.57. The third kappa shape index (κ3) is 1.28. The predicted octanol–water partition coefficient (Wildman–Crippen LogP) is 1.62. The van der Waals surface area contributed by atoms with Gasteiger partial charge in [-0.25, -0.2) is 0 Å². The van der Waals surface area contributed by atoms with Crippen molar-refractivity contribution in [3.8, 4) is 11.3 Å². The van der Waals surface area contributed by atoms with E-state index >= 15 is 0 Å². The third-order valence-electron chi connectivity index (χ3n) is 2.74. The van der Waals surface area contributed by atoms with Crippen molar-refractivity contribution in [2.45, 2.75) is 12.8 Å². The van der Waals surface area contributed by atoms with E-state index in [2.05, 4.69) is 34.5 Å². The molecule has 15 heavy (non-hydrogen) atoms. The van der Waals surface area contributed by atoms with Crippen molar-refractivity contribution in [1.29, 1.82) is 0 Å². The summed E-state index contributed by atoms with van der Waals surface area (Å²) >= 11 is 0. The van der Waals surface area contributed by atoms with Crippen LogP contribution in [0.2, 0.25) is 0 Å². The SMILES string of the molecule is Nc1[c]c2c(nn1)-c1ccccc1CC2. The normalized spacial score (nSPS) is 13.1. The van der Waals surface area contributed by atoms with Crippen molar-refractivity contribution < 1.29 is 0 Å². The van der Waals surface area contributed by atoms with Crippen LogP contribution in [-0.2, 0) is 12.8 Å². The Morgan fingerprint density at radius 3 is 2.93 bits per heavy atom. The topological polar surface area (TPSA) is 51.8 Å². The number of hydrogen-bond donors (Lipinski definition) is 1. The molecule has 0 bridgehead atoms. The summed E-state index contributed by atoms with van der Waals surface area (Å²) in [4.78, 5) is 0. The van der Waals surface area contributed by atoms with E-state index in [0.29, 0.717) is 5.82 Å². The molecule has 3 heteroatoms. The van der Waals surface area contributed by atoms with E-state index in [4.69, 9.17) is 5.73 Å². The number of fused-ring (bicyclic) bond motifs is 3. The van der Waals surface area contributed by atoms with Gasteiger partial charge in [-0.15, -0.1) is 10.2 Å². The number of aryl methyl sites for hydroxylation is 2. The summed E-state index contributed by atoms with van der Waals surface area (Å²) in [6.45, 7) is 0. The van der Waals surface area contributed by atoms with E-state index in [-0.39, 0.29) is 0 Å². The Morgan fingerprint density at radius 1 is 1.13 bits per heavy atom.